The number of hydrogen-bond acceptors (Lipinski definition) is 3. The van der Waals surface area contributed by atoms with Gasteiger partial charge >= 0.3 is 118 Å². The molecule has 1 atom stereocenters. The Morgan fingerprint density at radius 2 is 1.78 bits per heavy atom. The van der Waals surface area contributed by atoms with E-state index in [1.165, 1.54) is 32.6 Å². The third-order valence-corrected chi connectivity index (χ3v) is 3.35. The molecule has 0 unspecified atom stereocenters. The summed E-state index contributed by atoms with van der Waals surface area (Å²) >= 11 is 2.30. The molecule has 0 aliphatic rings. The molecule has 0 aromatic rings. The van der Waals surface area contributed by atoms with Crippen molar-refractivity contribution in [2.45, 2.75) is 63.7 Å². The summed E-state index contributed by atoms with van der Waals surface area (Å²) < 4.78 is 5.14. The predicted molar refractivity (Wildman–Crippen MR) is 73.9 cm³/mol. The van der Waals surface area contributed by atoms with Crippen molar-refractivity contribution >= 4 is 27.9 Å². The first-order valence-corrected chi connectivity index (χ1v) is 7.99. The van der Waals surface area contributed by atoms with Crippen molar-refractivity contribution in [3.8, 4) is 0 Å². The Hall–Kier alpha value is -0.541. The molecule has 5 heteroatoms. The molecule has 0 aromatic heterocycles. The van der Waals surface area contributed by atoms with E-state index in [1.54, 1.807) is 0 Å². The first-order chi connectivity index (χ1) is 8.61. The van der Waals surface area contributed by atoms with Crippen LogP contribution >= 0.6 is 0 Å². The number of carbonyl (C=O) groups is 2. The number of unbranched alkanes of at least 4 members (excludes halogenated alkanes) is 5. The summed E-state index contributed by atoms with van der Waals surface area (Å²) in [7, 11) is 0. The van der Waals surface area contributed by atoms with Gasteiger partial charge < -0.3 is 0 Å². The zero-order chi connectivity index (χ0) is 13.8. The van der Waals surface area contributed by atoms with Crippen LogP contribution < -0.4 is 5.32 Å². The molecule has 0 rings (SSSR count). The van der Waals surface area contributed by atoms with Gasteiger partial charge in [0.05, 0.1) is 0 Å². The van der Waals surface area contributed by atoms with Crippen molar-refractivity contribution in [2.24, 2.45) is 0 Å². The van der Waals surface area contributed by atoms with Crippen LogP contribution in [0.5, 0.6) is 0 Å². The van der Waals surface area contributed by atoms with Gasteiger partial charge in [-0.25, -0.2) is 0 Å². The third kappa shape index (κ3) is 9.49. The molecule has 1 amide bonds. The molecule has 0 saturated carbocycles. The van der Waals surface area contributed by atoms with E-state index in [1.807, 2.05) is 0 Å². The summed E-state index contributed by atoms with van der Waals surface area (Å²) in [6, 6.07) is -0.525. The zero-order valence-electron chi connectivity index (χ0n) is 11.4. The number of hydrogen-bond donors (Lipinski definition) is 1. The van der Waals surface area contributed by atoms with E-state index in [-0.39, 0.29) is 11.9 Å². The predicted octanol–water partition coefficient (Wildman–Crippen LogP) is 1.71. The van der Waals surface area contributed by atoms with Gasteiger partial charge in [-0.15, -0.1) is 0 Å². The molecule has 0 heterocycles. The van der Waals surface area contributed by atoms with Crippen molar-refractivity contribution in [3.63, 3.8) is 0 Å². The second kappa shape index (κ2) is 11.5. The monoisotopic (exact) mass is 323 g/mol. The van der Waals surface area contributed by atoms with E-state index in [9.17, 15) is 9.59 Å². The first kappa shape index (κ1) is 17.5. The van der Waals surface area contributed by atoms with E-state index < -0.39 is 6.04 Å². The maximum atomic E-state index is 11.6. The molecule has 0 fully saturated rings. The SMILES string of the molecule is CCCCCCCCOC(=O)[C@H](C[SeH])NC(C)=O. The Morgan fingerprint density at radius 3 is 2.33 bits per heavy atom. The van der Waals surface area contributed by atoms with E-state index in [4.69, 9.17) is 4.74 Å². The van der Waals surface area contributed by atoms with Gasteiger partial charge in [0.2, 0.25) is 0 Å². The number of ether oxygens (including phenoxy) is 1. The van der Waals surface area contributed by atoms with Crippen molar-refractivity contribution in [2.75, 3.05) is 6.61 Å². The van der Waals surface area contributed by atoms with Gasteiger partial charge in [-0.05, 0) is 0 Å². The standard InChI is InChI=1S/C13H25NO3Se/c1-3-4-5-6-7-8-9-17-13(16)12(10-18)14-11(2)15/h12,18H,3-10H2,1-2H3,(H,14,15)/t12-/m0/s1. The molecule has 0 spiro atoms. The molecular formula is C13H25NO3Se. The van der Waals surface area contributed by atoms with Crippen LogP contribution in [0.1, 0.15) is 52.4 Å². The number of rotatable bonds is 10. The number of amides is 1. The van der Waals surface area contributed by atoms with Crippen LogP contribution in [0.2, 0.25) is 5.32 Å². The summed E-state index contributed by atoms with van der Waals surface area (Å²) in [5.74, 6) is -0.540. The third-order valence-electron chi connectivity index (χ3n) is 2.59. The van der Waals surface area contributed by atoms with Gasteiger partial charge in [0.25, 0.3) is 0 Å². The van der Waals surface area contributed by atoms with Crippen LogP contribution in [0, 0.1) is 0 Å². The van der Waals surface area contributed by atoms with E-state index in [0.717, 1.165) is 12.8 Å². The van der Waals surface area contributed by atoms with Crippen molar-refractivity contribution < 1.29 is 14.3 Å². The molecule has 106 valence electrons. The van der Waals surface area contributed by atoms with Crippen LogP contribution in [-0.4, -0.2) is 40.5 Å². The molecule has 0 saturated heterocycles. The van der Waals surface area contributed by atoms with Crippen LogP contribution in [0.15, 0.2) is 0 Å². The molecule has 0 radical (unpaired) electrons. The Balaban J connectivity index is 3.59. The van der Waals surface area contributed by atoms with Gasteiger partial charge in [-0.3, -0.25) is 0 Å². The summed E-state index contributed by atoms with van der Waals surface area (Å²) in [5, 5.41) is 3.07. The zero-order valence-corrected chi connectivity index (χ0v) is 13.3. The van der Waals surface area contributed by atoms with Crippen LogP contribution in [0.3, 0.4) is 0 Å². The van der Waals surface area contributed by atoms with E-state index >= 15 is 0 Å². The molecule has 0 aromatic carbocycles. The summed E-state index contributed by atoms with van der Waals surface area (Å²) in [5.41, 5.74) is 0. The number of carbonyl (C=O) groups excluding carboxylic acids is 2. The maximum absolute atomic E-state index is 11.6. The average molecular weight is 322 g/mol. The van der Waals surface area contributed by atoms with Crippen LogP contribution in [-0.2, 0) is 14.3 Å². The van der Waals surface area contributed by atoms with Crippen molar-refractivity contribution in [1.29, 1.82) is 0 Å². The minimum atomic E-state index is -0.525. The average Bonchev–Trinajstić information content (AvgIpc) is 2.34. The molecule has 0 aliphatic carbocycles. The normalized spacial score (nSPS) is 11.9. The molecule has 4 nitrogen and oxygen atoms in total. The topological polar surface area (TPSA) is 55.4 Å². The molecule has 0 bridgehead atoms. The Kier molecular flexibility index (Phi) is 11.2. The van der Waals surface area contributed by atoms with Crippen molar-refractivity contribution in [3.05, 3.63) is 0 Å². The van der Waals surface area contributed by atoms with Gasteiger partial charge in [-0.2, -0.15) is 0 Å². The van der Waals surface area contributed by atoms with Crippen molar-refractivity contribution in [1.82, 2.24) is 5.32 Å². The molecular weight excluding hydrogens is 297 g/mol. The Bertz CT molecular complexity index is 246. The fourth-order valence-corrected chi connectivity index (χ4v) is 2.08. The molecule has 18 heavy (non-hydrogen) atoms. The molecule has 1 N–H and O–H groups in total. The van der Waals surface area contributed by atoms with Crippen LogP contribution in [0.4, 0.5) is 0 Å². The quantitative estimate of drug-likeness (QED) is 0.378. The van der Waals surface area contributed by atoms with Crippen LogP contribution in [0.25, 0.3) is 0 Å². The number of nitrogens with one attached hydrogen (secondary N) is 1. The fourth-order valence-electron chi connectivity index (χ4n) is 1.58. The summed E-state index contributed by atoms with van der Waals surface area (Å²) in [6.45, 7) is 4.04. The Morgan fingerprint density at radius 1 is 1.17 bits per heavy atom. The second-order valence-corrected chi connectivity index (χ2v) is 5.14. The van der Waals surface area contributed by atoms with Gasteiger partial charge in [0.1, 0.15) is 0 Å². The fraction of sp³-hybridized carbons (Fsp3) is 0.846. The Labute approximate surface area is 118 Å². The minimum absolute atomic E-state index is 0.206. The second-order valence-electron chi connectivity index (χ2n) is 4.37. The summed E-state index contributed by atoms with van der Waals surface area (Å²) in [6.07, 6.45) is 6.97. The van der Waals surface area contributed by atoms with Gasteiger partial charge in [-0.1, -0.05) is 0 Å². The van der Waals surface area contributed by atoms with Gasteiger partial charge in [0.15, 0.2) is 0 Å². The van der Waals surface area contributed by atoms with E-state index in [2.05, 4.69) is 28.3 Å². The van der Waals surface area contributed by atoms with E-state index in [0.29, 0.717) is 11.9 Å². The first-order valence-electron chi connectivity index (χ1n) is 6.66. The number of esters is 1. The van der Waals surface area contributed by atoms with Gasteiger partial charge in [0, 0.05) is 0 Å². The summed E-state index contributed by atoms with van der Waals surface area (Å²) in [4.78, 5) is 22.5. The molecule has 0 aliphatic heterocycles.